The van der Waals surface area contributed by atoms with Crippen LogP contribution in [-0.2, 0) is 20.9 Å². The maximum Gasteiger partial charge on any atom is 0.306 e. The van der Waals surface area contributed by atoms with Gasteiger partial charge in [-0.3, -0.25) is 9.59 Å². The molecule has 0 radical (unpaired) electrons. The Morgan fingerprint density at radius 3 is 2.54 bits per heavy atom. The fourth-order valence-electron chi connectivity index (χ4n) is 3.27. The Morgan fingerprint density at radius 2 is 1.85 bits per heavy atom. The van der Waals surface area contributed by atoms with E-state index in [0.29, 0.717) is 12.8 Å². The normalized spacial score (nSPS) is 19.0. The molecule has 2 atom stereocenters. The summed E-state index contributed by atoms with van der Waals surface area (Å²) in [7, 11) is 1.62. The molecule has 0 aliphatic carbocycles. The maximum atomic E-state index is 12.0. The average molecular weight is 353 g/mol. The van der Waals surface area contributed by atoms with Gasteiger partial charge < -0.3 is 14.8 Å². The number of benzene rings is 2. The van der Waals surface area contributed by atoms with Gasteiger partial charge in [0.2, 0.25) is 5.91 Å². The van der Waals surface area contributed by atoms with Crippen molar-refractivity contribution >= 4 is 11.9 Å². The largest absolute Gasteiger partial charge is 0.497 e. The van der Waals surface area contributed by atoms with E-state index in [1.54, 1.807) is 7.11 Å². The van der Waals surface area contributed by atoms with Gasteiger partial charge in [0.05, 0.1) is 7.11 Å². The second-order valence-corrected chi connectivity index (χ2v) is 6.44. The fourth-order valence-corrected chi connectivity index (χ4v) is 3.27. The van der Waals surface area contributed by atoms with E-state index in [0.717, 1.165) is 16.9 Å². The second kappa shape index (κ2) is 8.52. The minimum Gasteiger partial charge on any atom is -0.497 e. The molecule has 2 aromatic carbocycles. The number of rotatable bonds is 7. The van der Waals surface area contributed by atoms with E-state index in [1.807, 2.05) is 54.6 Å². The first kappa shape index (κ1) is 18.0. The van der Waals surface area contributed by atoms with E-state index in [1.165, 1.54) is 0 Å². The van der Waals surface area contributed by atoms with Crippen molar-refractivity contribution in [1.82, 2.24) is 5.32 Å². The molecule has 1 amide bonds. The summed E-state index contributed by atoms with van der Waals surface area (Å²) in [5, 5.41) is 2.98. The predicted molar refractivity (Wildman–Crippen MR) is 97.8 cm³/mol. The van der Waals surface area contributed by atoms with E-state index < -0.39 is 0 Å². The van der Waals surface area contributed by atoms with Crippen molar-refractivity contribution in [3.63, 3.8) is 0 Å². The lowest BCUT2D eigenvalue weighted by Crippen LogP contribution is -2.29. The van der Waals surface area contributed by atoms with Gasteiger partial charge >= 0.3 is 5.97 Å². The highest BCUT2D eigenvalue weighted by Gasteiger charge is 2.33. The van der Waals surface area contributed by atoms with E-state index in [-0.39, 0.29) is 36.9 Å². The van der Waals surface area contributed by atoms with E-state index >= 15 is 0 Å². The van der Waals surface area contributed by atoms with E-state index in [2.05, 4.69) is 5.32 Å². The molecule has 1 heterocycles. The summed E-state index contributed by atoms with van der Waals surface area (Å²) in [6.07, 6.45) is 1.29. The zero-order chi connectivity index (χ0) is 18.4. The molecule has 1 saturated heterocycles. The summed E-state index contributed by atoms with van der Waals surface area (Å²) in [5.41, 5.74) is 2.04. The quantitative estimate of drug-likeness (QED) is 0.777. The van der Waals surface area contributed by atoms with Crippen LogP contribution >= 0.6 is 0 Å². The summed E-state index contributed by atoms with van der Waals surface area (Å²) in [6, 6.07) is 17.3. The van der Waals surface area contributed by atoms with Gasteiger partial charge in [-0.25, -0.2) is 0 Å². The molecule has 0 saturated carbocycles. The van der Waals surface area contributed by atoms with E-state index in [9.17, 15) is 9.59 Å². The lowest BCUT2D eigenvalue weighted by Gasteiger charge is -2.19. The van der Waals surface area contributed by atoms with Gasteiger partial charge in [-0.1, -0.05) is 42.5 Å². The third-order valence-electron chi connectivity index (χ3n) is 4.68. The molecule has 2 aromatic rings. The number of carbonyl (C=O) groups excluding carboxylic acids is 2. The topological polar surface area (TPSA) is 64.6 Å². The Bertz CT molecular complexity index is 742. The smallest absolute Gasteiger partial charge is 0.306 e. The Hall–Kier alpha value is -2.82. The molecule has 1 fully saturated rings. The second-order valence-electron chi connectivity index (χ2n) is 6.44. The van der Waals surface area contributed by atoms with Crippen LogP contribution in [0.1, 0.15) is 36.3 Å². The van der Waals surface area contributed by atoms with Crippen LogP contribution in [0, 0.1) is 0 Å². The molecule has 3 rings (SSSR count). The summed E-state index contributed by atoms with van der Waals surface area (Å²) < 4.78 is 10.5. The third kappa shape index (κ3) is 4.63. The number of hydrogen-bond donors (Lipinski definition) is 1. The Balaban J connectivity index is 1.53. The van der Waals surface area contributed by atoms with Crippen molar-refractivity contribution in [2.45, 2.75) is 37.8 Å². The first-order chi connectivity index (χ1) is 12.7. The molecule has 0 bridgehead atoms. The van der Waals surface area contributed by atoms with Gasteiger partial charge in [-0.05, 0) is 29.7 Å². The van der Waals surface area contributed by atoms with Crippen LogP contribution in [0.2, 0.25) is 0 Å². The molecule has 1 aliphatic rings. The van der Waals surface area contributed by atoms with Crippen molar-refractivity contribution in [3.05, 3.63) is 65.7 Å². The summed E-state index contributed by atoms with van der Waals surface area (Å²) in [6.45, 7) is 0.276. The van der Waals surface area contributed by atoms with E-state index in [4.69, 9.17) is 9.47 Å². The summed E-state index contributed by atoms with van der Waals surface area (Å²) in [4.78, 5) is 23.9. The van der Waals surface area contributed by atoms with Crippen molar-refractivity contribution in [2.75, 3.05) is 7.11 Å². The molecule has 0 aromatic heterocycles. The molecule has 2 unspecified atom stereocenters. The SMILES string of the molecule is COc1ccc(C2CC(=O)NC2CCC(=O)OCc2ccccc2)cc1. The highest BCUT2D eigenvalue weighted by molar-refractivity contribution is 5.80. The zero-order valence-electron chi connectivity index (χ0n) is 14.8. The lowest BCUT2D eigenvalue weighted by atomic mass is 9.89. The monoisotopic (exact) mass is 353 g/mol. The van der Waals surface area contributed by atoms with Crippen LogP contribution in [0.5, 0.6) is 5.75 Å². The zero-order valence-corrected chi connectivity index (χ0v) is 14.8. The minimum absolute atomic E-state index is 0.0217. The maximum absolute atomic E-state index is 12.0. The number of nitrogens with one attached hydrogen (secondary N) is 1. The molecule has 26 heavy (non-hydrogen) atoms. The van der Waals surface area contributed by atoms with Gasteiger partial charge in [0.25, 0.3) is 0 Å². The molecular formula is C21H23NO4. The number of esters is 1. The van der Waals surface area contributed by atoms with Gasteiger partial charge in [0, 0.05) is 24.8 Å². The third-order valence-corrected chi connectivity index (χ3v) is 4.68. The number of ether oxygens (including phenoxy) is 2. The fraction of sp³-hybridized carbons (Fsp3) is 0.333. The van der Waals surface area contributed by atoms with Crippen LogP contribution in [0.4, 0.5) is 0 Å². The van der Waals surface area contributed by atoms with Crippen LogP contribution in [0.25, 0.3) is 0 Å². The lowest BCUT2D eigenvalue weighted by molar-refractivity contribution is -0.145. The number of methoxy groups -OCH3 is 1. The molecule has 136 valence electrons. The Labute approximate surface area is 153 Å². The van der Waals surface area contributed by atoms with Crippen LogP contribution in [0.15, 0.2) is 54.6 Å². The Kier molecular flexibility index (Phi) is 5.89. The molecule has 1 aliphatic heterocycles. The number of carbonyl (C=O) groups is 2. The van der Waals surface area contributed by atoms with Gasteiger partial charge in [-0.15, -0.1) is 0 Å². The first-order valence-corrected chi connectivity index (χ1v) is 8.78. The van der Waals surface area contributed by atoms with Gasteiger partial charge in [-0.2, -0.15) is 0 Å². The van der Waals surface area contributed by atoms with Crippen molar-refractivity contribution < 1.29 is 19.1 Å². The van der Waals surface area contributed by atoms with Crippen molar-refractivity contribution in [1.29, 1.82) is 0 Å². The van der Waals surface area contributed by atoms with Crippen molar-refractivity contribution in [2.24, 2.45) is 0 Å². The first-order valence-electron chi connectivity index (χ1n) is 8.78. The van der Waals surface area contributed by atoms with Crippen LogP contribution in [0.3, 0.4) is 0 Å². The summed E-state index contributed by atoms with van der Waals surface area (Å²) >= 11 is 0. The molecule has 5 nitrogen and oxygen atoms in total. The predicted octanol–water partition coefficient (Wildman–Crippen LogP) is 3.19. The molecule has 0 spiro atoms. The Morgan fingerprint density at radius 1 is 1.12 bits per heavy atom. The van der Waals surface area contributed by atoms with Gasteiger partial charge in [0.1, 0.15) is 12.4 Å². The van der Waals surface area contributed by atoms with Crippen molar-refractivity contribution in [3.8, 4) is 5.75 Å². The number of amides is 1. The highest BCUT2D eigenvalue weighted by atomic mass is 16.5. The minimum atomic E-state index is -0.247. The standard InChI is InChI=1S/C21H23NO4/c1-25-17-9-7-16(8-10-17)18-13-20(23)22-19(18)11-12-21(24)26-14-15-5-3-2-4-6-15/h2-10,18-19H,11-14H2,1H3,(H,22,23). The molecule has 5 heteroatoms. The molecular weight excluding hydrogens is 330 g/mol. The van der Waals surface area contributed by atoms with Crippen LogP contribution in [-0.4, -0.2) is 25.0 Å². The molecule has 1 N–H and O–H groups in total. The highest BCUT2D eigenvalue weighted by Crippen LogP contribution is 2.31. The number of hydrogen-bond acceptors (Lipinski definition) is 4. The van der Waals surface area contributed by atoms with Gasteiger partial charge in [0.15, 0.2) is 0 Å². The average Bonchev–Trinajstić information content (AvgIpc) is 3.06. The van der Waals surface area contributed by atoms with Crippen LogP contribution < -0.4 is 10.1 Å². The summed E-state index contributed by atoms with van der Waals surface area (Å²) in [5.74, 6) is 0.624.